The fourth-order valence-electron chi connectivity index (χ4n) is 2.77. The maximum absolute atomic E-state index is 12.3. The first-order chi connectivity index (χ1) is 8.72. The molecule has 1 amide bonds. The lowest BCUT2D eigenvalue weighted by atomic mass is 9.95. The van der Waals surface area contributed by atoms with Gasteiger partial charge in [0.1, 0.15) is 0 Å². The van der Waals surface area contributed by atoms with E-state index in [4.69, 9.17) is 5.73 Å². The molecule has 1 fully saturated rings. The lowest BCUT2D eigenvalue weighted by Gasteiger charge is -2.24. The normalized spacial score (nSPS) is 23.2. The molecule has 0 aliphatic heterocycles. The third-order valence-electron chi connectivity index (χ3n) is 3.93. The Morgan fingerprint density at radius 3 is 3.06 bits per heavy atom. The quantitative estimate of drug-likeness (QED) is 0.887. The summed E-state index contributed by atoms with van der Waals surface area (Å²) in [4.78, 5) is 15.6. The highest BCUT2D eigenvalue weighted by Gasteiger charge is 2.33. The van der Waals surface area contributed by atoms with Crippen molar-refractivity contribution in [1.82, 2.24) is 4.90 Å². The van der Waals surface area contributed by atoms with Gasteiger partial charge < -0.3 is 10.6 Å². The van der Waals surface area contributed by atoms with Crippen LogP contribution in [0.4, 0.5) is 0 Å². The Morgan fingerprint density at radius 1 is 1.56 bits per heavy atom. The fraction of sp³-hybridized carbons (Fsp3) is 0.643. The second-order valence-electron chi connectivity index (χ2n) is 5.12. The van der Waals surface area contributed by atoms with Gasteiger partial charge in [-0.15, -0.1) is 11.3 Å². The first-order valence-corrected chi connectivity index (χ1v) is 7.57. The van der Waals surface area contributed by atoms with Crippen molar-refractivity contribution in [1.29, 1.82) is 0 Å². The minimum absolute atomic E-state index is 0.170. The zero-order valence-corrected chi connectivity index (χ0v) is 11.8. The standard InChI is InChI=1S/C14H22N2OS/c1-16(8-7-12-5-3-9-18-12)14(17)13-6-2-4-11(13)10-15/h3,5,9,11,13H,2,4,6-8,10,15H2,1H3. The Kier molecular flexibility index (Phi) is 4.78. The van der Waals surface area contributed by atoms with Gasteiger partial charge in [0, 0.05) is 24.4 Å². The van der Waals surface area contributed by atoms with Crippen LogP contribution in [0.15, 0.2) is 17.5 Å². The molecule has 0 radical (unpaired) electrons. The van der Waals surface area contributed by atoms with Crippen molar-refractivity contribution in [3.05, 3.63) is 22.4 Å². The van der Waals surface area contributed by atoms with Gasteiger partial charge in [0.05, 0.1) is 0 Å². The van der Waals surface area contributed by atoms with E-state index >= 15 is 0 Å². The topological polar surface area (TPSA) is 46.3 Å². The van der Waals surface area contributed by atoms with Crippen molar-refractivity contribution in [2.24, 2.45) is 17.6 Å². The van der Waals surface area contributed by atoms with E-state index in [1.807, 2.05) is 11.9 Å². The number of carbonyl (C=O) groups is 1. The SMILES string of the molecule is CN(CCc1cccs1)C(=O)C1CCCC1CN. The number of amides is 1. The van der Waals surface area contributed by atoms with Crippen molar-refractivity contribution in [2.75, 3.05) is 20.1 Å². The molecule has 2 rings (SSSR count). The van der Waals surface area contributed by atoms with Crippen LogP contribution in [-0.2, 0) is 11.2 Å². The Bertz CT molecular complexity index is 377. The van der Waals surface area contributed by atoms with E-state index in [0.29, 0.717) is 18.4 Å². The molecule has 0 spiro atoms. The highest BCUT2D eigenvalue weighted by molar-refractivity contribution is 7.09. The first-order valence-electron chi connectivity index (χ1n) is 6.69. The summed E-state index contributed by atoms with van der Waals surface area (Å²) in [6.07, 6.45) is 4.24. The van der Waals surface area contributed by atoms with Gasteiger partial charge >= 0.3 is 0 Å². The smallest absolute Gasteiger partial charge is 0.225 e. The molecule has 1 heterocycles. The van der Waals surface area contributed by atoms with E-state index in [-0.39, 0.29) is 5.92 Å². The van der Waals surface area contributed by atoms with Crippen molar-refractivity contribution in [3.63, 3.8) is 0 Å². The molecule has 100 valence electrons. The van der Waals surface area contributed by atoms with Crippen LogP contribution in [0.2, 0.25) is 0 Å². The summed E-state index contributed by atoms with van der Waals surface area (Å²) in [7, 11) is 1.92. The number of thiophene rings is 1. The highest BCUT2D eigenvalue weighted by atomic mass is 32.1. The molecule has 4 heteroatoms. The van der Waals surface area contributed by atoms with Crippen LogP contribution in [-0.4, -0.2) is 30.9 Å². The average Bonchev–Trinajstić information content (AvgIpc) is 3.05. The van der Waals surface area contributed by atoms with E-state index in [1.165, 1.54) is 4.88 Å². The molecule has 1 aliphatic carbocycles. The molecule has 3 nitrogen and oxygen atoms in total. The Hall–Kier alpha value is -0.870. The van der Waals surface area contributed by atoms with E-state index < -0.39 is 0 Å². The highest BCUT2D eigenvalue weighted by Crippen LogP contribution is 2.32. The van der Waals surface area contributed by atoms with E-state index in [9.17, 15) is 4.79 Å². The van der Waals surface area contributed by atoms with Crippen LogP contribution in [0.1, 0.15) is 24.1 Å². The minimum Gasteiger partial charge on any atom is -0.345 e. The lowest BCUT2D eigenvalue weighted by molar-refractivity contribution is -0.135. The Balaban J connectivity index is 1.84. The van der Waals surface area contributed by atoms with Gasteiger partial charge in [-0.25, -0.2) is 0 Å². The summed E-state index contributed by atoms with van der Waals surface area (Å²) in [5.74, 6) is 0.865. The summed E-state index contributed by atoms with van der Waals surface area (Å²) in [6, 6.07) is 4.19. The van der Waals surface area contributed by atoms with E-state index in [1.54, 1.807) is 11.3 Å². The predicted octanol–water partition coefficient (Wildman–Crippen LogP) is 2.12. The predicted molar refractivity (Wildman–Crippen MR) is 75.5 cm³/mol. The third kappa shape index (κ3) is 3.12. The third-order valence-corrected chi connectivity index (χ3v) is 4.87. The summed E-state index contributed by atoms with van der Waals surface area (Å²) in [5.41, 5.74) is 5.74. The van der Waals surface area contributed by atoms with Crippen molar-refractivity contribution >= 4 is 17.2 Å². The molecule has 18 heavy (non-hydrogen) atoms. The van der Waals surface area contributed by atoms with Crippen LogP contribution in [0.3, 0.4) is 0 Å². The van der Waals surface area contributed by atoms with E-state index in [2.05, 4.69) is 17.5 Å². The van der Waals surface area contributed by atoms with Crippen LogP contribution < -0.4 is 5.73 Å². The number of nitrogens with zero attached hydrogens (tertiary/aromatic N) is 1. The Labute approximate surface area is 113 Å². The minimum atomic E-state index is 0.170. The van der Waals surface area contributed by atoms with Crippen molar-refractivity contribution in [2.45, 2.75) is 25.7 Å². The van der Waals surface area contributed by atoms with Crippen molar-refractivity contribution < 1.29 is 4.79 Å². The first kappa shape index (κ1) is 13.6. The maximum Gasteiger partial charge on any atom is 0.225 e. The number of hydrogen-bond acceptors (Lipinski definition) is 3. The molecule has 2 N–H and O–H groups in total. The molecule has 1 aromatic heterocycles. The summed E-state index contributed by atoms with van der Waals surface area (Å²) >= 11 is 1.76. The molecule has 2 atom stereocenters. The maximum atomic E-state index is 12.3. The molecular weight excluding hydrogens is 244 g/mol. The number of likely N-dealkylation sites (N-methyl/N-ethyl adjacent to an activating group) is 1. The van der Waals surface area contributed by atoms with Crippen LogP contribution >= 0.6 is 11.3 Å². The number of rotatable bonds is 5. The monoisotopic (exact) mass is 266 g/mol. The van der Waals surface area contributed by atoms with Gasteiger partial charge in [0.15, 0.2) is 0 Å². The fourth-order valence-corrected chi connectivity index (χ4v) is 3.47. The lowest BCUT2D eigenvalue weighted by Crippen LogP contribution is -2.37. The van der Waals surface area contributed by atoms with E-state index in [0.717, 1.165) is 32.2 Å². The number of nitrogens with two attached hydrogens (primary N) is 1. The van der Waals surface area contributed by atoms with Crippen LogP contribution in [0.5, 0.6) is 0 Å². The van der Waals surface area contributed by atoms with Crippen LogP contribution in [0, 0.1) is 11.8 Å². The second-order valence-corrected chi connectivity index (χ2v) is 6.15. The number of hydrogen-bond donors (Lipinski definition) is 1. The molecule has 2 unspecified atom stereocenters. The molecular formula is C14H22N2OS. The van der Waals surface area contributed by atoms with Gasteiger partial charge in [-0.05, 0) is 43.2 Å². The molecule has 0 aromatic carbocycles. The molecule has 0 bridgehead atoms. The van der Waals surface area contributed by atoms with Gasteiger partial charge in [-0.3, -0.25) is 4.79 Å². The molecule has 1 aromatic rings. The molecule has 1 aliphatic rings. The van der Waals surface area contributed by atoms with Gasteiger partial charge in [0.25, 0.3) is 0 Å². The molecule has 1 saturated carbocycles. The average molecular weight is 266 g/mol. The number of carbonyl (C=O) groups excluding carboxylic acids is 1. The van der Waals surface area contributed by atoms with Gasteiger partial charge in [-0.2, -0.15) is 0 Å². The zero-order valence-electron chi connectivity index (χ0n) is 11.0. The van der Waals surface area contributed by atoms with Gasteiger partial charge in [0.2, 0.25) is 5.91 Å². The Morgan fingerprint density at radius 2 is 2.39 bits per heavy atom. The summed E-state index contributed by atoms with van der Waals surface area (Å²) in [5, 5.41) is 2.08. The zero-order chi connectivity index (χ0) is 13.0. The molecule has 0 saturated heterocycles. The second kappa shape index (κ2) is 6.34. The van der Waals surface area contributed by atoms with Gasteiger partial charge in [-0.1, -0.05) is 12.5 Å². The van der Waals surface area contributed by atoms with Crippen LogP contribution in [0.25, 0.3) is 0 Å². The van der Waals surface area contributed by atoms with Crippen molar-refractivity contribution in [3.8, 4) is 0 Å². The summed E-state index contributed by atoms with van der Waals surface area (Å²) < 4.78 is 0. The largest absolute Gasteiger partial charge is 0.345 e. The summed E-state index contributed by atoms with van der Waals surface area (Å²) in [6.45, 7) is 1.46.